The molecule has 174 valence electrons. The van der Waals surface area contributed by atoms with Gasteiger partial charge in [0.2, 0.25) is 10.3 Å². The second-order valence-corrected chi connectivity index (χ2v) is 9.87. The zero-order valence-electron chi connectivity index (χ0n) is 18.2. The maximum atomic E-state index is 5.28. The second-order valence-electron chi connectivity index (χ2n) is 6.82. The third-order valence-electron chi connectivity index (χ3n) is 4.46. The third kappa shape index (κ3) is 5.94. The SMILES string of the molecule is CCC(=S)Nc1cccc(-n2nnnc2SSc2nnnn2-c2cccc(NC(=S)CC)c2)c1. The number of aromatic nitrogens is 8. The molecule has 0 bridgehead atoms. The number of benzene rings is 2. The van der Waals surface area contributed by atoms with Crippen LogP contribution in [0.2, 0.25) is 0 Å². The Morgan fingerprint density at radius 1 is 0.765 bits per heavy atom. The van der Waals surface area contributed by atoms with Crippen molar-refractivity contribution in [1.29, 1.82) is 0 Å². The Morgan fingerprint density at radius 3 is 1.62 bits per heavy atom. The van der Waals surface area contributed by atoms with Crippen molar-refractivity contribution in [2.45, 2.75) is 37.0 Å². The predicted molar refractivity (Wildman–Crippen MR) is 143 cm³/mol. The molecule has 2 heterocycles. The van der Waals surface area contributed by atoms with Crippen LogP contribution in [0.1, 0.15) is 26.7 Å². The second kappa shape index (κ2) is 11.5. The van der Waals surface area contributed by atoms with Crippen molar-refractivity contribution in [2.75, 3.05) is 10.6 Å². The van der Waals surface area contributed by atoms with Crippen LogP contribution in [0.25, 0.3) is 11.4 Å². The molecule has 2 N–H and O–H groups in total. The Kier molecular flexibility index (Phi) is 8.16. The fraction of sp³-hybridized carbons (Fsp3) is 0.200. The average Bonchev–Trinajstić information content (AvgIpc) is 3.52. The van der Waals surface area contributed by atoms with Gasteiger partial charge in [0.25, 0.3) is 0 Å². The maximum absolute atomic E-state index is 5.28. The van der Waals surface area contributed by atoms with Crippen LogP contribution < -0.4 is 10.6 Å². The van der Waals surface area contributed by atoms with E-state index in [2.05, 4.69) is 41.7 Å². The fourth-order valence-corrected chi connectivity index (χ4v) is 4.81. The lowest BCUT2D eigenvalue weighted by atomic mass is 10.2. The van der Waals surface area contributed by atoms with Crippen molar-refractivity contribution < 1.29 is 0 Å². The zero-order chi connectivity index (χ0) is 23.9. The van der Waals surface area contributed by atoms with E-state index in [1.54, 1.807) is 9.36 Å². The quantitative estimate of drug-likeness (QED) is 0.231. The molecule has 10 nitrogen and oxygen atoms in total. The van der Waals surface area contributed by atoms with Crippen LogP contribution in [0.4, 0.5) is 11.4 Å². The van der Waals surface area contributed by atoms with Gasteiger partial charge in [0, 0.05) is 11.4 Å². The largest absolute Gasteiger partial charge is 0.350 e. The lowest BCUT2D eigenvalue weighted by Gasteiger charge is -2.09. The Hall–Kier alpha value is -2.94. The van der Waals surface area contributed by atoms with Crippen molar-refractivity contribution in [3.8, 4) is 11.4 Å². The van der Waals surface area contributed by atoms with Gasteiger partial charge in [-0.2, -0.15) is 9.36 Å². The smallest absolute Gasteiger partial charge is 0.225 e. The highest BCUT2D eigenvalue weighted by Crippen LogP contribution is 2.36. The van der Waals surface area contributed by atoms with Crippen LogP contribution in [-0.2, 0) is 0 Å². The molecule has 0 radical (unpaired) electrons. The molecule has 0 fully saturated rings. The number of hydrogen-bond acceptors (Lipinski definition) is 10. The van der Waals surface area contributed by atoms with Crippen LogP contribution in [0.5, 0.6) is 0 Å². The monoisotopic (exact) mass is 528 g/mol. The molecule has 0 saturated heterocycles. The lowest BCUT2D eigenvalue weighted by molar-refractivity contribution is 0.756. The van der Waals surface area contributed by atoms with E-state index in [0.717, 1.165) is 45.6 Å². The van der Waals surface area contributed by atoms with E-state index in [9.17, 15) is 0 Å². The summed E-state index contributed by atoms with van der Waals surface area (Å²) in [6.45, 7) is 4.01. The van der Waals surface area contributed by atoms with Gasteiger partial charge in [-0.15, -0.1) is 10.2 Å². The van der Waals surface area contributed by atoms with Gasteiger partial charge in [-0.25, -0.2) is 0 Å². The van der Waals surface area contributed by atoms with Crippen molar-refractivity contribution in [3.05, 3.63) is 48.5 Å². The standard InChI is InChI=1S/C20H20N10S4/c1-3-17(31)21-13-7-5-9-15(11-13)29-19(23-25-27-29)33-34-20-24-26-28-30(20)16-10-6-8-14(12-16)22-18(32)4-2/h5-12H,3-4H2,1-2H3,(H,21,31)(H,22,32). The van der Waals surface area contributed by atoms with Crippen LogP contribution in [-0.4, -0.2) is 50.4 Å². The van der Waals surface area contributed by atoms with Gasteiger partial charge in [-0.05, 0) is 91.7 Å². The van der Waals surface area contributed by atoms with E-state index in [0.29, 0.717) is 10.3 Å². The van der Waals surface area contributed by atoms with Crippen molar-refractivity contribution >= 4 is 67.4 Å². The van der Waals surface area contributed by atoms with Gasteiger partial charge in [-0.3, -0.25) is 0 Å². The molecule has 14 heteroatoms. The minimum atomic E-state index is 0.582. The molecule has 0 atom stereocenters. The van der Waals surface area contributed by atoms with Gasteiger partial charge in [0.05, 0.1) is 21.4 Å². The zero-order valence-corrected chi connectivity index (χ0v) is 21.5. The molecule has 0 unspecified atom stereocenters. The number of nitrogens with one attached hydrogen (secondary N) is 2. The number of anilines is 2. The Labute approximate surface area is 214 Å². The summed E-state index contributed by atoms with van der Waals surface area (Å²) < 4.78 is 3.31. The first-order chi connectivity index (χ1) is 16.6. The molecule has 0 spiro atoms. The highest BCUT2D eigenvalue weighted by atomic mass is 33.1. The van der Waals surface area contributed by atoms with Crippen LogP contribution in [0.3, 0.4) is 0 Å². The minimum absolute atomic E-state index is 0.582. The number of tetrazole rings is 2. The number of thiocarbonyl (C=S) groups is 2. The summed E-state index contributed by atoms with van der Waals surface area (Å²) in [7, 11) is 2.71. The number of hydrogen-bond donors (Lipinski definition) is 2. The average molecular weight is 529 g/mol. The molecular formula is C20H20N10S4. The van der Waals surface area contributed by atoms with E-state index in [4.69, 9.17) is 24.4 Å². The van der Waals surface area contributed by atoms with Crippen molar-refractivity contribution in [1.82, 2.24) is 40.4 Å². The van der Waals surface area contributed by atoms with Gasteiger partial charge in [0.1, 0.15) is 0 Å². The summed E-state index contributed by atoms with van der Waals surface area (Å²) in [4.78, 5) is 1.53. The van der Waals surface area contributed by atoms with Crippen LogP contribution in [0, 0.1) is 0 Å². The molecule has 34 heavy (non-hydrogen) atoms. The Morgan fingerprint density at radius 2 is 1.21 bits per heavy atom. The molecule has 0 saturated carbocycles. The lowest BCUT2D eigenvalue weighted by Crippen LogP contribution is -2.08. The Bertz CT molecular complexity index is 1200. The fourth-order valence-electron chi connectivity index (χ4n) is 2.79. The van der Waals surface area contributed by atoms with Crippen molar-refractivity contribution in [2.24, 2.45) is 0 Å². The first kappa shape index (κ1) is 24.2. The molecule has 2 aromatic carbocycles. The van der Waals surface area contributed by atoms with E-state index in [1.807, 2.05) is 62.4 Å². The Balaban J connectivity index is 1.50. The van der Waals surface area contributed by atoms with E-state index < -0.39 is 0 Å². The summed E-state index contributed by atoms with van der Waals surface area (Å²) >= 11 is 10.6. The first-order valence-electron chi connectivity index (χ1n) is 10.3. The highest BCUT2D eigenvalue weighted by Gasteiger charge is 2.15. The predicted octanol–water partition coefficient (Wildman–Crippen LogP) is 4.74. The minimum Gasteiger partial charge on any atom is -0.350 e. The van der Waals surface area contributed by atoms with E-state index in [1.165, 1.54) is 21.6 Å². The molecule has 0 amide bonds. The van der Waals surface area contributed by atoms with Gasteiger partial charge in [-0.1, -0.05) is 50.4 Å². The molecule has 0 aliphatic heterocycles. The normalized spacial score (nSPS) is 10.8. The molecule has 0 aliphatic carbocycles. The summed E-state index contributed by atoms with van der Waals surface area (Å²) in [6, 6.07) is 15.5. The summed E-state index contributed by atoms with van der Waals surface area (Å²) in [5.41, 5.74) is 3.37. The summed E-state index contributed by atoms with van der Waals surface area (Å²) in [5.74, 6) is 0. The molecule has 0 aliphatic rings. The van der Waals surface area contributed by atoms with Crippen LogP contribution in [0.15, 0.2) is 58.8 Å². The van der Waals surface area contributed by atoms with Crippen molar-refractivity contribution in [3.63, 3.8) is 0 Å². The van der Waals surface area contributed by atoms with Gasteiger partial charge >= 0.3 is 0 Å². The van der Waals surface area contributed by atoms with E-state index in [-0.39, 0.29) is 0 Å². The third-order valence-corrected chi connectivity index (χ3v) is 7.28. The molecule has 4 rings (SSSR count). The number of rotatable bonds is 9. The summed E-state index contributed by atoms with van der Waals surface area (Å²) in [5, 5.41) is 31.8. The summed E-state index contributed by atoms with van der Waals surface area (Å²) in [6.07, 6.45) is 1.53. The highest BCUT2D eigenvalue weighted by molar-refractivity contribution is 8.76. The van der Waals surface area contributed by atoms with Gasteiger partial charge < -0.3 is 10.6 Å². The van der Waals surface area contributed by atoms with Crippen LogP contribution >= 0.6 is 46.0 Å². The first-order valence-corrected chi connectivity index (χ1v) is 13.3. The van der Waals surface area contributed by atoms with E-state index >= 15 is 0 Å². The molecular weight excluding hydrogens is 509 g/mol. The van der Waals surface area contributed by atoms with Gasteiger partial charge in [0.15, 0.2) is 0 Å². The topological polar surface area (TPSA) is 111 Å². The number of nitrogens with zero attached hydrogens (tertiary/aromatic N) is 8. The molecule has 4 aromatic rings. The maximum Gasteiger partial charge on any atom is 0.225 e. The molecule has 2 aromatic heterocycles.